The molecular weight excluding hydrogens is 211 g/mol. The van der Waals surface area contributed by atoms with Crippen molar-refractivity contribution in [2.24, 2.45) is 0 Å². The Bertz CT molecular complexity index is 65.1. The Morgan fingerprint density at radius 1 is 1.08 bits per heavy atom. The van der Waals surface area contributed by atoms with Crippen LogP contribution in [-0.2, 0) is 31.5 Å². The molecule has 0 bridgehead atoms. The van der Waals surface area contributed by atoms with E-state index in [1.807, 2.05) is 20.4 Å². The average molecular weight is 228 g/mol. The summed E-state index contributed by atoms with van der Waals surface area (Å²) >= 11 is 0. The summed E-state index contributed by atoms with van der Waals surface area (Å²) in [6, 6.07) is 0. The van der Waals surface area contributed by atoms with Crippen LogP contribution in [0.15, 0.2) is 6.08 Å². The van der Waals surface area contributed by atoms with Crippen molar-refractivity contribution in [2.75, 3.05) is 0 Å². The summed E-state index contributed by atoms with van der Waals surface area (Å²) in [5, 5.41) is 0. The summed E-state index contributed by atoms with van der Waals surface area (Å²) in [6.45, 7) is 13.2. The summed E-state index contributed by atoms with van der Waals surface area (Å²) in [5.74, 6) is 0. The summed E-state index contributed by atoms with van der Waals surface area (Å²) < 4.78 is 0. The molecule has 0 aliphatic carbocycles. The Morgan fingerprint density at radius 3 is 1.46 bits per heavy atom. The van der Waals surface area contributed by atoms with Gasteiger partial charge in [0, 0.05) is 17.1 Å². The van der Waals surface area contributed by atoms with Gasteiger partial charge in [0.05, 0.1) is 0 Å². The number of unbranched alkanes of at least 4 members (excludes halogenated alkanes) is 2. The number of rotatable bonds is 3. The van der Waals surface area contributed by atoms with Crippen molar-refractivity contribution in [1.29, 1.82) is 0 Å². The normalized spacial score (nSPS) is 4.69. The fraction of sp³-hybridized carbons (Fsp3) is 0.444. The third-order valence-corrected chi connectivity index (χ3v) is 0.724. The van der Waals surface area contributed by atoms with Crippen molar-refractivity contribution in [3.8, 4) is 0 Å². The molecule has 4 heteroatoms. The Labute approximate surface area is 91.1 Å². The topological polar surface area (TPSA) is 51.2 Å². The molecule has 0 spiro atoms. The van der Waals surface area contributed by atoms with Gasteiger partial charge in [-0.3, -0.25) is 6.08 Å². The third kappa shape index (κ3) is 188. The zero-order valence-electron chi connectivity index (χ0n) is 8.00. The SMILES string of the molecule is C=O.C=O.C=O.[CH-]=CCCCC.[Mn]. The first-order chi connectivity index (χ1) is 5.91. The van der Waals surface area contributed by atoms with Gasteiger partial charge < -0.3 is 21.0 Å². The van der Waals surface area contributed by atoms with Crippen LogP contribution in [-0.4, -0.2) is 20.4 Å². The average Bonchev–Trinajstić information content (AvgIpc) is 2.24. The van der Waals surface area contributed by atoms with Crippen LogP contribution in [0.25, 0.3) is 0 Å². The molecule has 0 aromatic heterocycles. The van der Waals surface area contributed by atoms with Crippen LogP contribution in [0.5, 0.6) is 0 Å². The molecule has 1 radical (unpaired) electrons. The van der Waals surface area contributed by atoms with Crippen molar-refractivity contribution in [3.05, 3.63) is 12.7 Å². The van der Waals surface area contributed by atoms with Crippen LogP contribution >= 0.6 is 0 Å². The Morgan fingerprint density at radius 2 is 1.38 bits per heavy atom. The van der Waals surface area contributed by atoms with Crippen molar-refractivity contribution >= 4 is 20.4 Å². The van der Waals surface area contributed by atoms with E-state index >= 15 is 0 Å². The maximum absolute atomic E-state index is 8.00. The van der Waals surface area contributed by atoms with Crippen molar-refractivity contribution in [3.63, 3.8) is 0 Å². The fourth-order valence-corrected chi connectivity index (χ4v) is 0.322. The maximum Gasteiger partial charge on any atom is 0.106 e. The number of allylic oxidation sites excluding steroid dienone is 1. The third-order valence-electron chi connectivity index (χ3n) is 0.724. The van der Waals surface area contributed by atoms with Gasteiger partial charge in [0.15, 0.2) is 0 Å². The second kappa shape index (κ2) is 111. The monoisotopic (exact) mass is 228 g/mol. The summed E-state index contributed by atoms with van der Waals surface area (Å²) in [4.78, 5) is 24.0. The van der Waals surface area contributed by atoms with Gasteiger partial charge in [-0.05, 0) is 0 Å². The Hall–Kier alpha value is -0.731. The van der Waals surface area contributed by atoms with Crippen molar-refractivity contribution in [1.82, 2.24) is 0 Å². The van der Waals surface area contributed by atoms with E-state index in [0.717, 1.165) is 6.42 Å². The first-order valence-corrected chi connectivity index (χ1v) is 3.31. The first-order valence-electron chi connectivity index (χ1n) is 3.31. The second-order valence-electron chi connectivity index (χ2n) is 1.38. The van der Waals surface area contributed by atoms with Crippen molar-refractivity contribution in [2.45, 2.75) is 26.2 Å². The zero-order chi connectivity index (χ0) is 10.8. The molecule has 13 heavy (non-hydrogen) atoms. The summed E-state index contributed by atoms with van der Waals surface area (Å²) in [7, 11) is 0. The van der Waals surface area contributed by atoms with Gasteiger partial charge in [-0.15, -0.1) is 0 Å². The fourth-order valence-electron chi connectivity index (χ4n) is 0.322. The first kappa shape index (κ1) is 29.5. The van der Waals surface area contributed by atoms with Crippen LogP contribution in [0.2, 0.25) is 0 Å². The molecule has 0 unspecified atom stereocenters. The molecule has 0 N–H and O–H groups in total. The molecule has 0 aliphatic rings. The molecule has 0 fully saturated rings. The zero-order valence-corrected chi connectivity index (χ0v) is 9.18. The largest absolute Gasteiger partial charge is 0.518 e. The van der Waals surface area contributed by atoms with E-state index in [1.165, 1.54) is 12.8 Å². The quantitative estimate of drug-likeness (QED) is 0.419. The van der Waals surface area contributed by atoms with E-state index in [9.17, 15) is 0 Å². The van der Waals surface area contributed by atoms with Crippen LogP contribution in [0.1, 0.15) is 26.2 Å². The second-order valence-corrected chi connectivity index (χ2v) is 1.38. The van der Waals surface area contributed by atoms with Crippen LogP contribution in [0, 0.1) is 6.58 Å². The molecule has 79 valence electrons. The molecule has 0 amide bonds. The molecule has 3 nitrogen and oxygen atoms in total. The maximum atomic E-state index is 8.00. The van der Waals surface area contributed by atoms with Crippen LogP contribution in [0.3, 0.4) is 0 Å². The molecule has 0 saturated heterocycles. The summed E-state index contributed by atoms with van der Waals surface area (Å²) in [6.07, 6.45) is 5.25. The van der Waals surface area contributed by atoms with Gasteiger partial charge >= 0.3 is 0 Å². The van der Waals surface area contributed by atoms with Gasteiger partial charge in [0.2, 0.25) is 0 Å². The predicted octanol–water partition coefficient (Wildman–Crippen LogP) is 1.61. The molecular formula is C9H17MnO3-. The minimum atomic E-state index is 0. The molecule has 0 saturated carbocycles. The minimum Gasteiger partial charge on any atom is -0.518 e. The molecule has 0 rings (SSSR count). The van der Waals surface area contributed by atoms with E-state index < -0.39 is 0 Å². The van der Waals surface area contributed by atoms with E-state index in [4.69, 9.17) is 21.0 Å². The van der Waals surface area contributed by atoms with Gasteiger partial charge in [0.1, 0.15) is 20.4 Å². The minimum absolute atomic E-state index is 0. The van der Waals surface area contributed by atoms with Gasteiger partial charge in [0.25, 0.3) is 0 Å². The van der Waals surface area contributed by atoms with E-state index in [2.05, 4.69) is 6.92 Å². The Balaban J connectivity index is -0.0000000263. The van der Waals surface area contributed by atoms with Gasteiger partial charge in [-0.1, -0.05) is 26.2 Å². The van der Waals surface area contributed by atoms with Crippen LogP contribution < -0.4 is 0 Å². The predicted molar refractivity (Wildman–Crippen MR) is 49.8 cm³/mol. The number of carbonyl (C=O) groups is 3. The molecule has 0 aromatic carbocycles. The molecule has 0 heterocycles. The standard InChI is InChI=1S/C6H11.3CH2O.Mn/c1-3-5-6-4-2;3*1-2;/h1,3H,4-6H2,2H3;3*1H2;/q-1;;;;. The van der Waals surface area contributed by atoms with Crippen molar-refractivity contribution < 1.29 is 31.5 Å². The summed E-state index contributed by atoms with van der Waals surface area (Å²) in [5.41, 5.74) is 0. The number of hydrogen-bond acceptors (Lipinski definition) is 3. The molecule has 0 atom stereocenters. The molecule has 0 aromatic rings. The van der Waals surface area contributed by atoms with E-state index in [0.29, 0.717) is 0 Å². The van der Waals surface area contributed by atoms with Gasteiger partial charge in [-0.25, -0.2) is 0 Å². The number of hydrogen-bond donors (Lipinski definition) is 0. The van der Waals surface area contributed by atoms with Crippen LogP contribution in [0.4, 0.5) is 0 Å². The molecule has 0 aliphatic heterocycles. The Kier molecular flexibility index (Phi) is 252. The number of carbonyl (C=O) groups excluding carboxylic acids is 3. The van der Waals surface area contributed by atoms with E-state index in [-0.39, 0.29) is 17.1 Å². The van der Waals surface area contributed by atoms with E-state index in [1.54, 1.807) is 6.08 Å². The van der Waals surface area contributed by atoms with Gasteiger partial charge in [-0.2, -0.15) is 0 Å². The smallest absolute Gasteiger partial charge is 0.106 e.